The van der Waals surface area contributed by atoms with Crippen LogP contribution in [0.1, 0.15) is 18.2 Å². The number of rotatable bonds is 6. The molecular weight excluding hydrogens is 402 g/mol. The Kier molecular flexibility index (Phi) is 5.91. The zero-order chi connectivity index (χ0) is 20.3. The van der Waals surface area contributed by atoms with Gasteiger partial charge in [0.15, 0.2) is 10.9 Å². The Morgan fingerprint density at radius 2 is 2.11 bits per heavy atom. The van der Waals surface area contributed by atoms with Crippen LogP contribution < -0.4 is 9.64 Å². The van der Waals surface area contributed by atoms with E-state index in [0.29, 0.717) is 21.5 Å². The van der Waals surface area contributed by atoms with Crippen molar-refractivity contribution in [1.29, 1.82) is 0 Å². The first-order valence-electron chi connectivity index (χ1n) is 8.23. The van der Waals surface area contributed by atoms with Crippen molar-refractivity contribution in [3.8, 4) is 5.75 Å². The standard InChI is InChI=1S/C19H16ClN3O4S/c1-12-6-7-17(23(25)26)18(8-12)27-10-15-11-28-19(21-15)22(13(2)24)16-5-3-4-14(20)9-16/h3-9,11H,10H2,1-2H3. The lowest BCUT2D eigenvalue weighted by molar-refractivity contribution is -0.386. The summed E-state index contributed by atoms with van der Waals surface area (Å²) in [4.78, 5) is 28.7. The van der Waals surface area contributed by atoms with E-state index < -0.39 is 4.92 Å². The monoisotopic (exact) mass is 417 g/mol. The van der Waals surface area contributed by atoms with E-state index in [0.717, 1.165) is 5.56 Å². The molecule has 0 unspecified atom stereocenters. The summed E-state index contributed by atoms with van der Waals surface area (Å²) < 4.78 is 5.62. The zero-order valence-corrected chi connectivity index (χ0v) is 16.7. The van der Waals surface area contributed by atoms with Crippen LogP contribution in [0.15, 0.2) is 47.8 Å². The number of benzene rings is 2. The molecule has 9 heteroatoms. The molecule has 3 rings (SSSR count). The van der Waals surface area contributed by atoms with Crippen LogP contribution in [0.25, 0.3) is 0 Å². The molecule has 0 fully saturated rings. The number of halogens is 1. The maximum absolute atomic E-state index is 12.1. The number of hydrogen-bond acceptors (Lipinski definition) is 6. The Bertz CT molecular complexity index is 1040. The summed E-state index contributed by atoms with van der Waals surface area (Å²) in [5, 5.41) is 13.9. The quantitative estimate of drug-likeness (QED) is 0.402. The van der Waals surface area contributed by atoms with E-state index in [9.17, 15) is 14.9 Å². The van der Waals surface area contributed by atoms with Gasteiger partial charge < -0.3 is 4.74 Å². The van der Waals surface area contributed by atoms with Gasteiger partial charge in [-0.3, -0.25) is 19.8 Å². The summed E-state index contributed by atoms with van der Waals surface area (Å²) in [5.74, 6) is -0.0313. The number of aryl methyl sites for hydroxylation is 1. The third kappa shape index (κ3) is 4.47. The van der Waals surface area contributed by atoms with Gasteiger partial charge >= 0.3 is 5.69 Å². The van der Waals surface area contributed by atoms with Crippen molar-refractivity contribution in [3.05, 3.63) is 74.2 Å². The van der Waals surface area contributed by atoms with Crippen molar-refractivity contribution in [3.63, 3.8) is 0 Å². The molecule has 0 N–H and O–H groups in total. The highest BCUT2D eigenvalue weighted by atomic mass is 35.5. The molecule has 1 heterocycles. The highest BCUT2D eigenvalue weighted by Gasteiger charge is 2.19. The molecule has 0 saturated heterocycles. The average molecular weight is 418 g/mol. The number of carbonyl (C=O) groups excluding carboxylic acids is 1. The van der Waals surface area contributed by atoms with Crippen molar-refractivity contribution in [1.82, 2.24) is 4.98 Å². The molecule has 3 aromatic rings. The second-order valence-corrected chi connectivity index (χ2v) is 7.25. The Balaban J connectivity index is 1.81. The van der Waals surface area contributed by atoms with Crippen molar-refractivity contribution in [2.45, 2.75) is 20.5 Å². The summed E-state index contributed by atoms with van der Waals surface area (Å²) in [5.41, 5.74) is 1.91. The number of anilines is 2. The maximum Gasteiger partial charge on any atom is 0.310 e. The SMILES string of the molecule is CC(=O)N(c1cccc(Cl)c1)c1nc(COc2cc(C)ccc2[N+](=O)[O-])cs1. The summed E-state index contributed by atoms with van der Waals surface area (Å²) in [6.07, 6.45) is 0. The lowest BCUT2D eigenvalue weighted by Crippen LogP contribution is -2.22. The lowest BCUT2D eigenvalue weighted by atomic mass is 10.2. The number of carbonyl (C=O) groups is 1. The van der Waals surface area contributed by atoms with Gasteiger partial charge in [0.1, 0.15) is 6.61 Å². The van der Waals surface area contributed by atoms with Gasteiger partial charge in [0.05, 0.1) is 16.3 Å². The molecule has 0 aliphatic carbocycles. The molecular formula is C19H16ClN3O4S. The first-order chi connectivity index (χ1) is 13.3. The number of hydrogen-bond donors (Lipinski definition) is 0. The van der Waals surface area contributed by atoms with E-state index in [1.807, 2.05) is 6.92 Å². The van der Waals surface area contributed by atoms with Crippen LogP contribution in [-0.4, -0.2) is 15.8 Å². The number of nitro groups is 1. The van der Waals surface area contributed by atoms with Crippen LogP contribution in [0.2, 0.25) is 5.02 Å². The van der Waals surface area contributed by atoms with Crippen molar-refractivity contribution < 1.29 is 14.5 Å². The van der Waals surface area contributed by atoms with Crippen LogP contribution in [0.3, 0.4) is 0 Å². The van der Waals surface area contributed by atoms with Crippen LogP contribution in [0, 0.1) is 17.0 Å². The topological polar surface area (TPSA) is 85.6 Å². The fraction of sp³-hybridized carbons (Fsp3) is 0.158. The van der Waals surface area contributed by atoms with Crippen molar-refractivity contribution in [2.75, 3.05) is 4.90 Å². The molecule has 0 spiro atoms. The lowest BCUT2D eigenvalue weighted by Gasteiger charge is -2.18. The highest BCUT2D eigenvalue weighted by Crippen LogP contribution is 2.32. The Morgan fingerprint density at radius 1 is 1.32 bits per heavy atom. The first kappa shape index (κ1) is 19.8. The summed E-state index contributed by atoms with van der Waals surface area (Å²) in [6, 6.07) is 11.6. The van der Waals surface area contributed by atoms with Crippen LogP contribution in [0.4, 0.5) is 16.5 Å². The second kappa shape index (κ2) is 8.37. The first-order valence-corrected chi connectivity index (χ1v) is 9.49. The number of amides is 1. The molecule has 0 bridgehead atoms. The van der Waals surface area contributed by atoms with Gasteiger partial charge in [-0.1, -0.05) is 23.7 Å². The van der Waals surface area contributed by atoms with Gasteiger partial charge in [0.25, 0.3) is 0 Å². The normalized spacial score (nSPS) is 10.5. The predicted octanol–water partition coefficient (Wildman–Crippen LogP) is 5.28. The van der Waals surface area contributed by atoms with E-state index in [1.54, 1.807) is 41.8 Å². The van der Waals surface area contributed by atoms with Gasteiger partial charge in [0, 0.05) is 23.4 Å². The van der Waals surface area contributed by atoms with E-state index >= 15 is 0 Å². The molecule has 2 aromatic carbocycles. The molecule has 0 aliphatic rings. The molecule has 0 radical (unpaired) electrons. The van der Waals surface area contributed by atoms with Crippen LogP contribution in [-0.2, 0) is 11.4 Å². The maximum atomic E-state index is 12.1. The van der Waals surface area contributed by atoms with Gasteiger partial charge in [-0.05, 0) is 36.8 Å². The minimum Gasteiger partial charge on any atom is -0.480 e. The molecule has 0 atom stereocenters. The van der Waals surface area contributed by atoms with E-state index in [4.69, 9.17) is 16.3 Å². The Morgan fingerprint density at radius 3 is 2.79 bits per heavy atom. The minimum atomic E-state index is -0.488. The highest BCUT2D eigenvalue weighted by molar-refractivity contribution is 7.14. The third-order valence-electron chi connectivity index (χ3n) is 3.80. The molecule has 1 amide bonds. The number of ether oxygens (including phenoxy) is 1. The second-order valence-electron chi connectivity index (χ2n) is 5.97. The van der Waals surface area contributed by atoms with E-state index in [-0.39, 0.29) is 24.0 Å². The predicted molar refractivity (Wildman–Crippen MR) is 109 cm³/mol. The van der Waals surface area contributed by atoms with Crippen molar-refractivity contribution in [2.24, 2.45) is 0 Å². The zero-order valence-electron chi connectivity index (χ0n) is 15.1. The number of nitro benzene ring substituents is 1. The van der Waals surface area contributed by atoms with Gasteiger partial charge in [-0.25, -0.2) is 4.98 Å². The van der Waals surface area contributed by atoms with Crippen LogP contribution in [0.5, 0.6) is 5.75 Å². The van der Waals surface area contributed by atoms with Gasteiger partial charge in [-0.2, -0.15) is 0 Å². The average Bonchev–Trinajstić information content (AvgIpc) is 3.08. The summed E-state index contributed by atoms with van der Waals surface area (Å²) >= 11 is 7.30. The summed E-state index contributed by atoms with van der Waals surface area (Å²) in [7, 11) is 0. The molecule has 144 valence electrons. The largest absolute Gasteiger partial charge is 0.480 e. The smallest absolute Gasteiger partial charge is 0.310 e. The minimum absolute atomic E-state index is 0.0437. The molecule has 28 heavy (non-hydrogen) atoms. The van der Waals surface area contributed by atoms with E-state index in [2.05, 4.69) is 4.98 Å². The molecule has 0 saturated carbocycles. The van der Waals surface area contributed by atoms with Crippen molar-refractivity contribution >= 4 is 45.4 Å². The Labute approximate surface area is 170 Å². The third-order valence-corrected chi connectivity index (χ3v) is 4.91. The number of nitrogens with zero attached hydrogens (tertiary/aromatic N) is 3. The fourth-order valence-electron chi connectivity index (χ4n) is 2.55. The van der Waals surface area contributed by atoms with Gasteiger partial charge in [-0.15, -0.1) is 11.3 Å². The van der Waals surface area contributed by atoms with Gasteiger partial charge in [0.2, 0.25) is 5.91 Å². The molecule has 0 aliphatic heterocycles. The number of aromatic nitrogens is 1. The van der Waals surface area contributed by atoms with E-state index in [1.165, 1.54) is 29.2 Å². The summed E-state index contributed by atoms with van der Waals surface area (Å²) in [6.45, 7) is 3.31. The fourth-order valence-corrected chi connectivity index (χ4v) is 3.60. The molecule has 1 aromatic heterocycles. The molecule has 7 nitrogen and oxygen atoms in total. The van der Waals surface area contributed by atoms with Crippen LogP contribution >= 0.6 is 22.9 Å². The number of thiazole rings is 1. The Hall–Kier alpha value is -2.97.